The molecule has 1 aliphatic heterocycles. The second kappa shape index (κ2) is 8.82. The number of halogens is 1. The van der Waals surface area contributed by atoms with Gasteiger partial charge in [-0.1, -0.05) is 23.7 Å². The quantitative estimate of drug-likeness (QED) is 0.769. The number of hydrogen-bond acceptors (Lipinski definition) is 5. The third-order valence-corrected chi connectivity index (χ3v) is 6.68. The second-order valence-electron chi connectivity index (χ2n) is 7.40. The van der Waals surface area contributed by atoms with Crippen LogP contribution in [0, 0.1) is 5.92 Å². The number of nitrogens with zero attached hydrogens (tertiary/aromatic N) is 1. The summed E-state index contributed by atoms with van der Waals surface area (Å²) in [5.74, 6) is 0.574. The van der Waals surface area contributed by atoms with Crippen LogP contribution in [0.1, 0.15) is 24.9 Å². The molecule has 2 aromatic rings. The van der Waals surface area contributed by atoms with Crippen molar-refractivity contribution in [1.82, 2.24) is 4.90 Å². The van der Waals surface area contributed by atoms with Gasteiger partial charge in [-0.05, 0) is 55.3 Å². The van der Waals surface area contributed by atoms with E-state index in [0.717, 1.165) is 23.7 Å². The molecule has 5 nitrogen and oxygen atoms in total. The van der Waals surface area contributed by atoms with Crippen molar-refractivity contribution in [2.24, 2.45) is 5.92 Å². The summed E-state index contributed by atoms with van der Waals surface area (Å²) >= 11 is 6.12. The summed E-state index contributed by atoms with van der Waals surface area (Å²) in [6, 6.07) is 14.4. The minimum atomic E-state index is -3.22. The molecular formula is C21H26ClNO4S. The molecule has 3 atom stereocenters. The van der Waals surface area contributed by atoms with E-state index in [1.807, 2.05) is 18.2 Å². The van der Waals surface area contributed by atoms with Crippen molar-refractivity contribution in [3.05, 3.63) is 59.1 Å². The number of likely N-dealkylation sites (tertiary alicyclic amines) is 1. The molecule has 0 amide bonds. The molecule has 1 saturated heterocycles. The van der Waals surface area contributed by atoms with E-state index in [1.54, 1.807) is 12.1 Å². The largest absolute Gasteiger partial charge is 0.493 e. The van der Waals surface area contributed by atoms with Crippen LogP contribution >= 0.6 is 11.6 Å². The van der Waals surface area contributed by atoms with Crippen molar-refractivity contribution in [2.75, 3.05) is 26.0 Å². The third kappa shape index (κ3) is 5.26. The summed E-state index contributed by atoms with van der Waals surface area (Å²) in [6.45, 7) is 4.05. The van der Waals surface area contributed by atoms with Crippen LogP contribution in [-0.4, -0.2) is 50.5 Å². The minimum absolute atomic E-state index is 0.0232. The van der Waals surface area contributed by atoms with E-state index in [2.05, 4.69) is 17.9 Å². The Hall–Kier alpha value is -1.60. The van der Waals surface area contributed by atoms with Crippen LogP contribution in [-0.2, 0) is 9.84 Å². The van der Waals surface area contributed by atoms with Gasteiger partial charge in [0.05, 0.1) is 17.6 Å². The Balaban J connectivity index is 1.62. The van der Waals surface area contributed by atoms with Gasteiger partial charge in [0.25, 0.3) is 0 Å². The molecule has 0 aromatic heterocycles. The summed E-state index contributed by atoms with van der Waals surface area (Å²) in [5, 5.41) is 11.1. The van der Waals surface area contributed by atoms with Gasteiger partial charge in [-0.2, -0.15) is 0 Å². The first-order chi connectivity index (χ1) is 13.2. The first-order valence-corrected chi connectivity index (χ1v) is 11.6. The van der Waals surface area contributed by atoms with Crippen molar-refractivity contribution in [1.29, 1.82) is 0 Å². The number of rotatable bonds is 6. The fourth-order valence-electron chi connectivity index (χ4n) is 3.53. The molecule has 0 bridgehead atoms. The van der Waals surface area contributed by atoms with Gasteiger partial charge in [0.2, 0.25) is 0 Å². The standard InChI is InChI=1S/C21H26ClNO4S/c1-15(16-4-3-5-18(22)12-16)23-11-10-21(24)17(13-23)14-27-19-6-8-20(9-7-19)28(2,25)26/h3-9,12,15,17,21,24H,10-11,13-14H2,1-2H3. The lowest BCUT2D eigenvalue weighted by Crippen LogP contribution is -2.46. The molecule has 2 aromatic carbocycles. The maximum absolute atomic E-state index is 11.5. The molecule has 0 saturated carbocycles. The first-order valence-electron chi connectivity index (χ1n) is 9.34. The van der Waals surface area contributed by atoms with Crippen LogP contribution < -0.4 is 4.74 Å². The summed E-state index contributed by atoms with van der Waals surface area (Å²) in [6.07, 6.45) is 1.45. The van der Waals surface area contributed by atoms with E-state index < -0.39 is 15.9 Å². The van der Waals surface area contributed by atoms with Gasteiger partial charge in [0, 0.05) is 36.3 Å². The van der Waals surface area contributed by atoms with Gasteiger partial charge < -0.3 is 9.84 Å². The highest BCUT2D eigenvalue weighted by atomic mass is 35.5. The van der Waals surface area contributed by atoms with E-state index in [9.17, 15) is 13.5 Å². The number of ether oxygens (including phenoxy) is 1. The van der Waals surface area contributed by atoms with Crippen molar-refractivity contribution in [3.8, 4) is 5.75 Å². The smallest absolute Gasteiger partial charge is 0.175 e. The molecule has 3 rings (SSSR count). The minimum Gasteiger partial charge on any atom is -0.493 e. The van der Waals surface area contributed by atoms with Crippen molar-refractivity contribution in [2.45, 2.75) is 30.4 Å². The highest BCUT2D eigenvalue weighted by molar-refractivity contribution is 7.90. The molecule has 152 valence electrons. The first kappa shape index (κ1) is 21.1. The molecule has 28 heavy (non-hydrogen) atoms. The molecule has 0 spiro atoms. The summed E-state index contributed by atoms with van der Waals surface area (Å²) < 4.78 is 28.9. The molecule has 0 aliphatic carbocycles. The van der Waals surface area contributed by atoms with E-state index >= 15 is 0 Å². The average Bonchev–Trinajstić information content (AvgIpc) is 2.66. The molecule has 1 N–H and O–H groups in total. The van der Waals surface area contributed by atoms with Crippen molar-refractivity contribution in [3.63, 3.8) is 0 Å². The summed E-state index contributed by atoms with van der Waals surface area (Å²) in [5.41, 5.74) is 1.15. The highest BCUT2D eigenvalue weighted by Crippen LogP contribution is 2.29. The van der Waals surface area contributed by atoms with Gasteiger partial charge in [0.1, 0.15) is 5.75 Å². The zero-order chi connectivity index (χ0) is 20.3. The number of aliphatic hydroxyl groups excluding tert-OH is 1. The predicted molar refractivity (Wildman–Crippen MR) is 111 cm³/mol. The Morgan fingerprint density at radius 2 is 1.96 bits per heavy atom. The number of aliphatic hydroxyl groups is 1. The number of piperidine rings is 1. The monoisotopic (exact) mass is 423 g/mol. The third-order valence-electron chi connectivity index (χ3n) is 5.32. The number of benzene rings is 2. The zero-order valence-electron chi connectivity index (χ0n) is 16.1. The lowest BCUT2D eigenvalue weighted by atomic mass is 9.93. The van der Waals surface area contributed by atoms with Crippen LogP contribution in [0.3, 0.4) is 0 Å². The highest BCUT2D eigenvalue weighted by Gasteiger charge is 2.31. The normalized spacial score (nSPS) is 22.0. The molecule has 1 fully saturated rings. The SMILES string of the molecule is CC(c1cccc(Cl)c1)N1CCC(O)C(COc2ccc(S(C)(=O)=O)cc2)C1. The van der Waals surface area contributed by atoms with Gasteiger partial charge in [-0.15, -0.1) is 0 Å². The Kier molecular flexibility index (Phi) is 6.65. The van der Waals surface area contributed by atoms with Crippen LogP contribution in [0.15, 0.2) is 53.4 Å². The number of sulfone groups is 1. The predicted octanol–water partition coefficient (Wildman–Crippen LogP) is 3.57. The van der Waals surface area contributed by atoms with Crippen molar-refractivity contribution < 1.29 is 18.3 Å². The van der Waals surface area contributed by atoms with Crippen LogP contribution in [0.5, 0.6) is 5.75 Å². The molecule has 1 heterocycles. The van der Waals surface area contributed by atoms with Gasteiger partial charge in [-0.25, -0.2) is 8.42 Å². The molecule has 7 heteroatoms. The average molecular weight is 424 g/mol. The van der Waals surface area contributed by atoms with E-state index in [-0.39, 0.29) is 16.9 Å². The molecular weight excluding hydrogens is 398 g/mol. The lowest BCUT2D eigenvalue weighted by Gasteiger charge is -2.39. The van der Waals surface area contributed by atoms with Crippen LogP contribution in [0.4, 0.5) is 0 Å². The van der Waals surface area contributed by atoms with E-state index in [1.165, 1.54) is 18.4 Å². The Bertz CT molecular complexity index is 901. The van der Waals surface area contributed by atoms with E-state index in [0.29, 0.717) is 18.8 Å². The van der Waals surface area contributed by atoms with E-state index in [4.69, 9.17) is 16.3 Å². The second-order valence-corrected chi connectivity index (χ2v) is 9.85. The summed E-state index contributed by atoms with van der Waals surface area (Å²) in [7, 11) is -3.22. The van der Waals surface area contributed by atoms with Gasteiger partial charge in [0.15, 0.2) is 9.84 Å². The molecule has 1 aliphatic rings. The Morgan fingerprint density at radius 3 is 2.61 bits per heavy atom. The zero-order valence-corrected chi connectivity index (χ0v) is 17.7. The van der Waals surface area contributed by atoms with Gasteiger partial charge in [-0.3, -0.25) is 4.90 Å². The van der Waals surface area contributed by atoms with Crippen molar-refractivity contribution >= 4 is 21.4 Å². The van der Waals surface area contributed by atoms with Gasteiger partial charge >= 0.3 is 0 Å². The molecule has 3 unspecified atom stereocenters. The molecule has 0 radical (unpaired) electrons. The fourth-order valence-corrected chi connectivity index (χ4v) is 4.36. The lowest BCUT2D eigenvalue weighted by molar-refractivity contribution is -0.00688. The summed E-state index contributed by atoms with van der Waals surface area (Å²) in [4.78, 5) is 2.60. The maximum atomic E-state index is 11.5. The Labute approximate surface area is 171 Å². The number of hydrogen-bond donors (Lipinski definition) is 1. The van der Waals surface area contributed by atoms with Crippen LogP contribution in [0.2, 0.25) is 5.02 Å². The Morgan fingerprint density at radius 1 is 1.25 bits per heavy atom. The fraction of sp³-hybridized carbons (Fsp3) is 0.429. The van der Waals surface area contributed by atoms with Crippen LogP contribution in [0.25, 0.3) is 0 Å². The topological polar surface area (TPSA) is 66.8 Å². The maximum Gasteiger partial charge on any atom is 0.175 e.